The molecule has 1 aromatic carbocycles. The number of aromatic nitrogens is 2. The molecule has 0 spiro atoms. The highest BCUT2D eigenvalue weighted by atomic mass is 35.5. The number of nitrogen functional groups attached to an aromatic ring is 1. The number of nitrogens with one attached hydrogen (secondary N) is 1. The molecule has 0 amide bonds. The number of ether oxygens (including phenoxy) is 2. The first-order chi connectivity index (χ1) is 18.1. The number of aliphatic hydroxyl groups is 1. The number of para-hydroxylation sites is 1. The molecule has 1 aliphatic heterocycles. The first kappa shape index (κ1) is 30.9. The fourth-order valence-corrected chi connectivity index (χ4v) is 5.61. The van der Waals surface area contributed by atoms with Gasteiger partial charge in [-0.2, -0.15) is 10.1 Å². The predicted octanol–water partition coefficient (Wildman–Crippen LogP) is 2.69. The summed E-state index contributed by atoms with van der Waals surface area (Å²) in [6.45, 7) is 5.17. The number of rotatable bonds is 11. The number of nitrogens with two attached hydrogens (primary N) is 1. The fourth-order valence-electron chi connectivity index (χ4n) is 3.59. The number of nitrogens with zero attached hydrogens (tertiary/aromatic N) is 2. The predicted molar refractivity (Wildman–Crippen MR) is 136 cm³/mol. The monoisotopic (exact) mass is 594 g/mol. The van der Waals surface area contributed by atoms with E-state index in [2.05, 4.69) is 10.1 Å². The highest BCUT2D eigenvalue weighted by molar-refractivity contribution is 7.52. The van der Waals surface area contributed by atoms with Gasteiger partial charge >= 0.3 is 19.4 Å². The van der Waals surface area contributed by atoms with Crippen LogP contribution in [0.25, 0.3) is 0 Å². The molecule has 39 heavy (non-hydrogen) atoms. The highest BCUT2D eigenvalue weighted by Gasteiger charge is 2.57. The topological polar surface area (TPSA) is 164 Å². The van der Waals surface area contributed by atoms with Gasteiger partial charge in [-0.15, -0.1) is 11.6 Å². The van der Waals surface area contributed by atoms with Crippen molar-refractivity contribution < 1.29 is 41.8 Å². The molecule has 1 saturated heterocycles. The maximum atomic E-state index is 15.2. The van der Waals surface area contributed by atoms with E-state index in [1.807, 2.05) is 0 Å². The minimum atomic E-state index is -4.51. The standard InChI is InChI=1S/C23H30ClF2N4O8P/c1-13(2)36-20(32)22(3,4)29-39(34,38-14-8-6-5-7-9-14)35-12-23(11-24)17(31)16(26)19(37-23)30-10-15(25)18(27)28-21(30)33/h5-10,13,16-17,19,31H,11-12H2,1-4H3,(H,29,34)(H2,27,28,33)/t16-,17-,19+,23+,39?/m0/s1. The SMILES string of the molecule is CC(C)OC(=O)C(C)(C)NP(=O)(OC[C@@]1(CCl)O[C@@H](n2cc(F)c(N)nc2=O)[C@@H](F)[C@@H]1O)Oc1ccccc1. The Hall–Kier alpha value is -2.61. The number of halogens is 3. The van der Waals surface area contributed by atoms with Crippen molar-refractivity contribution in [1.82, 2.24) is 14.6 Å². The average molecular weight is 595 g/mol. The quantitative estimate of drug-likeness (QED) is 0.199. The Labute approximate surface area is 227 Å². The van der Waals surface area contributed by atoms with Crippen LogP contribution in [-0.2, 0) is 23.4 Å². The summed E-state index contributed by atoms with van der Waals surface area (Å²) in [7, 11) is -4.51. The molecular formula is C23H30ClF2N4O8P. The molecule has 4 N–H and O–H groups in total. The second-order valence-electron chi connectivity index (χ2n) is 9.63. The average Bonchev–Trinajstić information content (AvgIpc) is 3.10. The van der Waals surface area contributed by atoms with E-state index in [1.165, 1.54) is 26.0 Å². The first-order valence-corrected chi connectivity index (χ1v) is 13.8. The second kappa shape index (κ2) is 11.9. The molecule has 1 fully saturated rings. The van der Waals surface area contributed by atoms with Gasteiger partial charge in [-0.3, -0.25) is 13.9 Å². The van der Waals surface area contributed by atoms with Crippen molar-refractivity contribution in [2.75, 3.05) is 18.2 Å². The minimum absolute atomic E-state index is 0.0883. The van der Waals surface area contributed by atoms with E-state index in [-0.39, 0.29) is 5.75 Å². The third-order valence-electron chi connectivity index (χ3n) is 5.62. The number of alkyl halides is 2. The van der Waals surface area contributed by atoms with Gasteiger partial charge < -0.3 is 24.8 Å². The third kappa shape index (κ3) is 6.94. The van der Waals surface area contributed by atoms with Crippen LogP contribution in [0.4, 0.5) is 14.6 Å². The molecule has 5 atom stereocenters. The van der Waals surface area contributed by atoms with Crippen molar-refractivity contribution in [3.63, 3.8) is 0 Å². The summed E-state index contributed by atoms with van der Waals surface area (Å²) in [5.41, 5.74) is 0.427. The van der Waals surface area contributed by atoms with E-state index in [1.54, 1.807) is 32.0 Å². The van der Waals surface area contributed by atoms with Gasteiger partial charge in [0.2, 0.25) is 0 Å². The summed E-state index contributed by atoms with van der Waals surface area (Å²) in [6, 6.07) is 7.81. The van der Waals surface area contributed by atoms with Gasteiger partial charge in [-0.1, -0.05) is 18.2 Å². The van der Waals surface area contributed by atoms with Gasteiger partial charge in [-0.25, -0.2) is 18.1 Å². The number of aliphatic hydroxyl groups excluding tert-OH is 1. The van der Waals surface area contributed by atoms with E-state index in [0.717, 1.165) is 0 Å². The van der Waals surface area contributed by atoms with Crippen LogP contribution in [0.1, 0.15) is 33.9 Å². The molecule has 0 saturated carbocycles. The van der Waals surface area contributed by atoms with Crippen LogP contribution >= 0.6 is 19.3 Å². The zero-order valence-electron chi connectivity index (χ0n) is 21.5. The number of carbonyl (C=O) groups is 1. The molecule has 0 bridgehead atoms. The normalized spacial score (nSPS) is 24.9. The van der Waals surface area contributed by atoms with Crippen molar-refractivity contribution in [1.29, 1.82) is 0 Å². The van der Waals surface area contributed by atoms with Crippen LogP contribution in [-0.4, -0.2) is 62.6 Å². The molecular weight excluding hydrogens is 565 g/mol. The summed E-state index contributed by atoms with van der Waals surface area (Å²) < 4.78 is 65.5. The summed E-state index contributed by atoms with van der Waals surface area (Å²) in [5.74, 6) is -3.14. The van der Waals surface area contributed by atoms with Crippen LogP contribution in [0.15, 0.2) is 41.3 Å². The second-order valence-corrected chi connectivity index (χ2v) is 11.6. The van der Waals surface area contributed by atoms with Crippen molar-refractivity contribution >= 4 is 31.1 Å². The number of hydrogen-bond acceptors (Lipinski definition) is 10. The number of anilines is 1. The summed E-state index contributed by atoms with van der Waals surface area (Å²) in [6.07, 6.45) is -6.12. The maximum absolute atomic E-state index is 15.2. The summed E-state index contributed by atoms with van der Waals surface area (Å²) in [4.78, 5) is 28.1. The van der Waals surface area contributed by atoms with Crippen LogP contribution in [0, 0.1) is 5.82 Å². The Morgan fingerprint density at radius 2 is 2.03 bits per heavy atom. The lowest BCUT2D eigenvalue weighted by Gasteiger charge is -2.33. The van der Waals surface area contributed by atoms with Gasteiger partial charge in [0.25, 0.3) is 0 Å². The Morgan fingerprint density at radius 3 is 2.62 bits per heavy atom. The molecule has 1 unspecified atom stereocenters. The van der Waals surface area contributed by atoms with E-state index in [4.69, 9.17) is 35.9 Å². The van der Waals surface area contributed by atoms with Crippen LogP contribution in [0.3, 0.4) is 0 Å². The van der Waals surface area contributed by atoms with Gasteiger partial charge in [0, 0.05) is 0 Å². The van der Waals surface area contributed by atoms with Crippen molar-refractivity contribution in [3.8, 4) is 5.75 Å². The van der Waals surface area contributed by atoms with E-state index < -0.39 is 79.3 Å². The third-order valence-corrected chi connectivity index (χ3v) is 7.83. The number of esters is 1. The van der Waals surface area contributed by atoms with Gasteiger partial charge in [0.05, 0.1) is 24.8 Å². The van der Waals surface area contributed by atoms with E-state index in [0.29, 0.717) is 10.8 Å². The Morgan fingerprint density at radius 1 is 1.38 bits per heavy atom. The number of carbonyl (C=O) groups excluding carboxylic acids is 1. The largest absolute Gasteiger partial charge is 0.462 e. The van der Waals surface area contributed by atoms with Crippen molar-refractivity contribution in [3.05, 3.63) is 52.8 Å². The molecule has 1 aliphatic rings. The summed E-state index contributed by atoms with van der Waals surface area (Å²) >= 11 is 6.05. The molecule has 216 valence electrons. The molecule has 12 nitrogen and oxygen atoms in total. The van der Waals surface area contributed by atoms with Crippen molar-refractivity contribution in [2.45, 2.75) is 63.4 Å². The van der Waals surface area contributed by atoms with Crippen LogP contribution in [0.5, 0.6) is 5.75 Å². The Kier molecular flexibility index (Phi) is 9.41. The van der Waals surface area contributed by atoms with Gasteiger partial charge in [0.15, 0.2) is 24.0 Å². The van der Waals surface area contributed by atoms with E-state index in [9.17, 15) is 23.7 Å². The first-order valence-electron chi connectivity index (χ1n) is 11.7. The molecule has 3 rings (SSSR count). The summed E-state index contributed by atoms with van der Waals surface area (Å²) in [5, 5.41) is 13.2. The van der Waals surface area contributed by atoms with Crippen LogP contribution in [0.2, 0.25) is 0 Å². The smallest absolute Gasteiger partial charge is 0.459 e. The zero-order chi connectivity index (χ0) is 29.2. The molecule has 0 radical (unpaired) electrons. The lowest BCUT2D eigenvalue weighted by molar-refractivity contribution is -0.153. The number of benzene rings is 1. The van der Waals surface area contributed by atoms with Gasteiger partial charge in [-0.05, 0) is 39.8 Å². The molecule has 2 heterocycles. The molecule has 1 aromatic heterocycles. The lowest BCUT2D eigenvalue weighted by Crippen LogP contribution is -2.50. The zero-order valence-corrected chi connectivity index (χ0v) is 23.2. The lowest BCUT2D eigenvalue weighted by atomic mass is 9.99. The van der Waals surface area contributed by atoms with Crippen molar-refractivity contribution in [2.24, 2.45) is 0 Å². The minimum Gasteiger partial charge on any atom is -0.462 e. The molecule has 0 aliphatic carbocycles. The fraction of sp³-hybridized carbons (Fsp3) is 0.522. The highest BCUT2D eigenvalue weighted by Crippen LogP contribution is 2.49. The molecule has 16 heteroatoms. The van der Waals surface area contributed by atoms with Gasteiger partial charge in [0.1, 0.15) is 23.0 Å². The maximum Gasteiger partial charge on any atom is 0.459 e. The van der Waals surface area contributed by atoms with Crippen LogP contribution < -0.4 is 21.0 Å². The Bertz CT molecular complexity index is 1280. The van der Waals surface area contributed by atoms with E-state index >= 15 is 4.39 Å². The number of hydrogen-bond donors (Lipinski definition) is 3. The Balaban J connectivity index is 1.91. The molecule has 2 aromatic rings.